The number of hydrogen-bond acceptors (Lipinski definition) is 3. The molecule has 7 heteroatoms. The number of carbonyl (C=O) groups is 2. The monoisotopic (exact) mass is 338 g/mol. The number of hydrogen-bond donors (Lipinski definition) is 0. The number of amides is 2. The first-order chi connectivity index (χ1) is 10.4. The van der Waals surface area contributed by atoms with Crippen molar-refractivity contribution in [3.63, 3.8) is 0 Å². The normalized spacial score (nSPS) is 13.7. The number of pyridine rings is 1. The molecule has 112 valence electrons. The Morgan fingerprint density at radius 1 is 1.23 bits per heavy atom. The third-order valence-corrected chi connectivity index (χ3v) is 4.04. The van der Waals surface area contributed by atoms with Gasteiger partial charge in [-0.3, -0.25) is 14.5 Å². The number of rotatable bonds is 2. The SMILES string of the molecule is Cc1cc2c(c(Cl)n1)C(=O)N(Cc1c(F)cccc1Cl)C2=O. The summed E-state index contributed by atoms with van der Waals surface area (Å²) in [6.45, 7) is 1.41. The summed E-state index contributed by atoms with van der Waals surface area (Å²) in [6.07, 6.45) is 0. The molecule has 1 aromatic carbocycles. The van der Waals surface area contributed by atoms with Gasteiger partial charge in [0.05, 0.1) is 17.7 Å². The Morgan fingerprint density at radius 3 is 2.64 bits per heavy atom. The fourth-order valence-corrected chi connectivity index (χ4v) is 2.90. The molecule has 0 spiro atoms. The van der Waals surface area contributed by atoms with Gasteiger partial charge in [0.1, 0.15) is 11.0 Å². The Bertz CT molecular complexity index is 803. The fourth-order valence-electron chi connectivity index (χ4n) is 2.36. The zero-order chi connectivity index (χ0) is 16.0. The Labute approximate surface area is 135 Å². The van der Waals surface area contributed by atoms with Gasteiger partial charge in [0.25, 0.3) is 11.8 Å². The van der Waals surface area contributed by atoms with Crippen molar-refractivity contribution in [2.45, 2.75) is 13.5 Å². The summed E-state index contributed by atoms with van der Waals surface area (Å²) >= 11 is 11.9. The molecular formula is C15H9Cl2FN2O2. The van der Waals surface area contributed by atoms with Crippen LogP contribution in [0.1, 0.15) is 32.0 Å². The second kappa shape index (κ2) is 5.34. The Hall–Kier alpha value is -1.98. The smallest absolute Gasteiger partial charge is 0.265 e. The highest BCUT2D eigenvalue weighted by molar-refractivity contribution is 6.36. The molecule has 2 aromatic rings. The molecule has 0 N–H and O–H groups in total. The number of halogens is 3. The summed E-state index contributed by atoms with van der Waals surface area (Å²) in [7, 11) is 0. The van der Waals surface area contributed by atoms with E-state index in [2.05, 4.69) is 4.98 Å². The third kappa shape index (κ3) is 2.26. The molecule has 4 nitrogen and oxygen atoms in total. The van der Waals surface area contributed by atoms with E-state index in [-0.39, 0.29) is 33.4 Å². The van der Waals surface area contributed by atoms with Gasteiger partial charge in [0.15, 0.2) is 0 Å². The molecule has 3 rings (SSSR count). The topological polar surface area (TPSA) is 50.3 Å². The molecule has 0 unspecified atom stereocenters. The number of imide groups is 1. The first-order valence-electron chi connectivity index (χ1n) is 6.36. The maximum atomic E-state index is 13.9. The molecule has 0 radical (unpaired) electrons. The molecule has 22 heavy (non-hydrogen) atoms. The van der Waals surface area contributed by atoms with E-state index in [9.17, 15) is 14.0 Å². The van der Waals surface area contributed by atoms with Crippen LogP contribution in [-0.4, -0.2) is 21.7 Å². The van der Waals surface area contributed by atoms with Crippen LogP contribution in [0.3, 0.4) is 0 Å². The number of fused-ring (bicyclic) bond motifs is 1. The van der Waals surface area contributed by atoms with Crippen LogP contribution in [0.25, 0.3) is 0 Å². The Morgan fingerprint density at radius 2 is 1.95 bits per heavy atom. The van der Waals surface area contributed by atoms with Crippen LogP contribution < -0.4 is 0 Å². The molecule has 2 heterocycles. The van der Waals surface area contributed by atoms with Crippen LogP contribution >= 0.6 is 23.2 Å². The highest BCUT2D eigenvalue weighted by Gasteiger charge is 2.38. The van der Waals surface area contributed by atoms with E-state index < -0.39 is 17.6 Å². The van der Waals surface area contributed by atoms with Crippen LogP contribution in [0.15, 0.2) is 24.3 Å². The van der Waals surface area contributed by atoms with Crippen molar-refractivity contribution in [2.75, 3.05) is 0 Å². The van der Waals surface area contributed by atoms with Crippen LogP contribution in [0, 0.1) is 12.7 Å². The first-order valence-corrected chi connectivity index (χ1v) is 7.12. The van der Waals surface area contributed by atoms with E-state index in [1.807, 2.05) is 0 Å². The van der Waals surface area contributed by atoms with E-state index in [0.29, 0.717) is 5.69 Å². The number of aromatic nitrogens is 1. The summed E-state index contributed by atoms with van der Waals surface area (Å²) in [5, 5.41) is 0.118. The summed E-state index contributed by atoms with van der Waals surface area (Å²) in [6, 6.07) is 5.66. The number of carbonyl (C=O) groups excluding carboxylic acids is 2. The maximum absolute atomic E-state index is 13.9. The number of aryl methyl sites for hydroxylation is 1. The summed E-state index contributed by atoms with van der Waals surface area (Å²) in [5.74, 6) is -1.71. The van der Waals surface area contributed by atoms with Crippen molar-refractivity contribution < 1.29 is 14.0 Å². The lowest BCUT2D eigenvalue weighted by Gasteiger charge is -2.15. The average Bonchev–Trinajstić information content (AvgIpc) is 2.67. The summed E-state index contributed by atoms with van der Waals surface area (Å²) in [4.78, 5) is 29.7. The van der Waals surface area contributed by atoms with E-state index in [1.54, 1.807) is 6.92 Å². The first kappa shape index (κ1) is 14.9. The molecule has 0 aliphatic carbocycles. The van der Waals surface area contributed by atoms with Gasteiger partial charge in [-0.05, 0) is 25.1 Å². The van der Waals surface area contributed by atoms with Gasteiger partial charge in [0.2, 0.25) is 0 Å². The second-order valence-electron chi connectivity index (χ2n) is 4.87. The Kier molecular flexibility index (Phi) is 3.62. The molecular weight excluding hydrogens is 330 g/mol. The predicted octanol–water partition coefficient (Wildman–Crippen LogP) is 3.63. The average molecular weight is 339 g/mol. The van der Waals surface area contributed by atoms with E-state index >= 15 is 0 Å². The maximum Gasteiger partial charge on any atom is 0.265 e. The fraction of sp³-hybridized carbons (Fsp3) is 0.133. The molecule has 0 atom stereocenters. The minimum atomic E-state index is -0.600. The number of nitrogens with zero attached hydrogens (tertiary/aromatic N) is 2. The molecule has 0 saturated heterocycles. The van der Waals surface area contributed by atoms with Crippen molar-refractivity contribution in [1.29, 1.82) is 0 Å². The van der Waals surface area contributed by atoms with Crippen LogP contribution in [-0.2, 0) is 6.54 Å². The van der Waals surface area contributed by atoms with Crippen molar-refractivity contribution in [1.82, 2.24) is 9.88 Å². The van der Waals surface area contributed by atoms with E-state index in [4.69, 9.17) is 23.2 Å². The Balaban J connectivity index is 2.03. The second-order valence-corrected chi connectivity index (χ2v) is 5.64. The van der Waals surface area contributed by atoms with Crippen molar-refractivity contribution in [3.8, 4) is 0 Å². The van der Waals surface area contributed by atoms with Crippen molar-refractivity contribution in [2.24, 2.45) is 0 Å². The largest absolute Gasteiger partial charge is 0.270 e. The van der Waals surface area contributed by atoms with Gasteiger partial charge in [-0.15, -0.1) is 0 Å². The summed E-state index contributed by atoms with van der Waals surface area (Å²) < 4.78 is 13.9. The summed E-state index contributed by atoms with van der Waals surface area (Å²) in [5.41, 5.74) is 0.829. The standard InChI is InChI=1S/C15H9Cl2FN2O2/c1-7-5-8-12(13(17)19-7)15(22)20(14(8)21)6-9-10(16)3-2-4-11(9)18/h2-5H,6H2,1H3. The molecule has 1 aromatic heterocycles. The molecule has 0 fully saturated rings. The van der Waals surface area contributed by atoms with Crippen LogP contribution in [0.2, 0.25) is 10.2 Å². The lowest BCUT2D eigenvalue weighted by Crippen LogP contribution is -2.29. The van der Waals surface area contributed by atoms with E-state index in [0.717, 1.165) is 4.90 Å². The van der Waals surface area contributed by atoms with Crippen molar-refractivity contribution in [3.05, 3.63) is 62.6 Å². The van der Waals surface area contributed by atoms with Gasteiger partial charge in [-0.1, -0.05) is 29.3 Å². The lowest BCUT2D eigenvalue weighted by molar-refractivity contribution is 0.0641. The molecule has 2 amide bonds. The minimum Gasteiger partial charge on any atom is -0.270 e. The van der Waals surface area contributed by atoms with Gasteiger partial charge in [0, 0.05) is 16.3 Å². The highest BCUT2D eigenvalue weighted by atomic mass is 35.5. The van der Waals surface area contributed by atoms with Gasteiger partial charge in [-0.25, -0.2) is 9.37 Å². The quantitative estimate of drug-likeness (QED) is 0.620. The van der Waals surface area contributed by atoms with Gasteiger partial charge < -0.3 is 0 Å². The number of benzene rings is 1. The molecule has 1 aliphatic rings. The van der Waals surface area contributed by atoms with Crippen LogP contribution in [0.5, 0.6) is 0 Å². The molecule has 1 aliphatic heterocycles. The molecule has 0 saturated carbocycles. The van der Waals surface area contributed by atoms with Gasteiger partial charge >= 0.3 is 0 Å². The van der Waals surface area contributed by atoms with Gasteiger partial charge in [-0.2, -0.15) is 0 Å². The lowest BCUT2D eigenvalue weighted by atomic mass is 10.1. The minimum absolute atomic E-state index is 0.0320. The van der Waals surface area contributed by atoms with E-state index in [1.165, 1.54) is 24.3 Å². The van der Waals surface area contributed by atoms with Crippen molar-refractivity contribution >= 4 is 35.0 Å². The zero-order valence-electron chi connectivity index (χ0n) is 11.4. The predicted molar refractivity (Wildman–Crippen MR) is 79.6 cm³/mol. The highest BCUT2D eigenvalue weighted by Crippen LogP contribution is 2.31. The molecule has 0 bridgehead atoms. The third-order valence-electron chi connectivity index (χ3n) is 3.42. The zero-order valence-corrected chi connectivity index (χ0v) is 12.9. The van der Waals surface area contributed by atoms with Crippen LogP contribution in [0.4, 0.5) is 4.39 Å².